The Balaban J connectivity index is 0.000000310. The molecule has 0 unspecified atom stereocenters. The predicted octanol–water partition coefficient (Wildman–Crippen LogP) is 2.85. The van der Waals surface area contributed by atoms with Crippen molar-refractivity contribution < 1.29 is 19.4 Å². The molecular weight excluding hydrogens is 419 g/mol. The third kappa shape index (κ3) is 7.98. The molecule has 3 rings (SSSR count). The quantitative estimate of drug-likeness (QED) is 0.623. The van der Waals surface area contributed by atoms with Gasteiger partial charge in [0.1, 0.15) is 0 Å². The van der Waals surface area contributed by atoms with E-state index in [1.54, 1.807) is 23.1 Å². The number of nitrogens with one attached hydrogen (secondary N) is 2. The molecule has 3 N–H and O–H groups in total. The van der Waals surface area contributed by atoms with Crippen LogP contribution in [-0.2, 0) is 4.74 Å². The second-order valence-corrected chi connectivity index (χ2v) is 6.49. The van der Waals surface area contributed by atoms with Crippen LogP contribution in [0.4, 0.5) is 15.3 Å². The van der Waals surface area contributed by atoms with E-state index in [-0.39, 0.29) is 18.4 Å². The van der Waals surface area contributed by atoms with Crippen LogP contribution in [0, 0.1) is 0 Å². The van der Waals surface area contributed by atoms with E-state index in [4.69, 9.17) is 33.0 Å². The van der Waals surface area contributed by atoms with Crippen LogP contribution in [0.2, 0.25) is 10.0 Å². The second kappa shape index (κ2) is 12.1. The Labute approximate surface area is 174 Å². The number of piperazine rings is 1. The first-order valence-electron chi connectivity index (χ1n) is 8.24. The maximum Gasteiger partial charge on any atom is 0.407 e. The van der Waals surface area contributed by atoms with Crippen LogP contribution < -0.4 is 10.6 Å². The first-order valence-corrected chi connectivity index (χ1v) is 9.00. The smallest absolute Gasteiger partial charge is 0.407 e. The number of ether oxygens (including phenoxy) is 1. The fraction of sp³-hybridized carbons (Fsp3) is 0.500. The van der Waals surface area contributed by atoms with Gasteiger partial charge in [0, 0.05) is 45.0 Å². The zero-order valence-electron chi connectivity index (χ0n) is 14.6. The van der Waals surface area contributed by atoms with E-state index >= 15 is 0 Å². The zero-order valence-corrected chi connectivity index (χ0v) is 16.9. The van der Waals surface area contributed by atoms with Crippen molar-refractivity contribution in [2.24, 2.45) is 0 Å². The number of halogens is 3. The molecule has 11 heteroatoms. The minimum Gasteiger partial charge on any atom is -0.465 e. The summed E-state index contributed by atoms with van der Waals surface area (Å²) in [7, 11) is 0. The van der Waals surface area contributed by atoms with Crippen LogP contribution in [0.25, 0.3) is 0 Å². The fourth-order valence-corrected chi connectivity index (χ4v) is 2.70. The number of rotatable bonds is 1. The Kier molecular flexibility index (Phi) is 10.6. The van der Waals surface area contributed by atoms with Crippen molar-refractivity contribution in [3.63, 3.8) is 0 Å². The number of anilines is 1. The zero-order chi connectivity index (χ0) is 18.9. The molecule has 2 heterocycles. The van der Waals surface area contributed by atoms with E-state index in [0.717, 1.165) is 13.1 Å². The van der Waals surface area contributed by atoms with Gasteiger partial charge in [0.2, 0.25) is 0 Å². The van der Waals surface area contributed by atoms with Gasteiger partial charge in [-0.2, -0.15) is 0 Å². The van der Waals surface area contributed by atoms with Crippen molar-refractivity contribution in [3.05, 3.63) is 28.2 Å². The third-order valence-corrected chi connectivity index (χ3v) is 4.60. The van der Waals surface area contributed by atoms with E-state index in [1.807, 2.05) is 0 Å². The van der Waals surface area contributed by atoms with Gasteiger partial charge < -0.3 is 30.3 Å². The highest BCUT2D eigenvalue weighted by atomic mass is 35.5. The SMILES string of the molecule is Cl.O=C(Nc1ccc(Cl)c(Cl)c1)N1CCNCC1.O=C(O)N1CCOCC1. The second-order valence-electron chi connectivity index (χ2n) is 5.68. The number of carbonyl (C=O) groups is 2. The first kappa shape index (κ1) is 23.6. The number of hydrogen-bond donors (Lipinski definition) is 3. The van der Waals surface area contributed by atoms with Gasteiger partial charge in [-0.05, 0) is 18.2 Å². The normalized spacial score (nSPS) is 16.5. The van der Waals surface area contributed by atoms with Gasteiger partial charge >= 0.3 is 12.1 Å². The number of morpholine rings is 1. The summed E-state index contributed by atoms with van der Waals surface area (Å²) >= 11 is 11.7. The largest absolute Gasteiger partial charge is 0.465 e. The standard InChI is InChI=1S/C11H13Cl2N3O.C5H9NO3.ClH/c12-9-2-1-8(7-10(9)13)15-11(17)16-5-3-14-4-6-16;7-5(8)6-1-3-9-4-2-6;/h1-2,7,14H,3-6H2,(H,15,17);1-4H2,(H,7,8);1H. The summed E-state index contributed by atoms with van der Waals surface area (Å²) in [6.45, 7) is 5.17. The summed E-state index contributed by atoms with van der Waals surface area (Å²) in [4.78, 5) is 25.2. The summed E-state index contributed by atoms with van der Waals surface area (Å²) in [5, 5.41) is 15.3. The van der Waals surface area contributed by atoms with Gasteiger partial charge in [-0.15, -0.1) is 12.4 Å². The molecule has 0 radical (unpaired) electrons. The molecule has 0 spiro atoms. The minimum atomic E-state index is -0.849. The number of nitrogens with zero attached hydrogens (tertiary/aromatic N) is 2. The lowest BCUT2D eigenvalue weighted by Gasteiger charge is -2.27. The molecular formula is C16H23Cl3N4O4. The van der Waals surface area contributed by atoms with Crippen LogP contribution in [0.15, 0.2) is 18.2 Å². The monoisotopic (exact) mass is 440 g/mol. The lowest BCUT2D eigenvalue weighted by molar-refractivity contribution is 0.0392. The molecule has 0 atom stereocenters. The van der Waals surface area contributed by atoms with Crippen LogP contribution in [0.3, 0.4) is 0 Å². The summed E-state index contributed by atoms with van der Waals surface area (Å²) in [5.74, 6) is 0. The number of amides is 3. The van der Waals surface area contributed by atoms with E-state index in [9.17, 15) is 9.59 Å². The molecule has 1 aromatic carbocycles. The molecule has 1 aromatic rings. The van der Waals surface area contributed by atoms with Crippen molar-refractivity contribution in [1.29, 1.82) is 0 Å². The summed E-state index contributed by atoms with van der Waals surface area (Å²) < 4.78 is 4.94. The van der Waals surface area contributed by atoms with Crippen molar-refractivity contribution >= 4 is 53.4 Å². The van der Waals surface area contributed by atoms with E-state index < -0.39 is 6.09 Å². The van der Waals surface area contributed by atoms with Crippen molar-refractivity contribution in [1.82, 2.24) is 15.1 Å². The van der Waals surface area contributed by atoms with Gasteiger partial charge in [0.25, 0.3) is 0 Å². The van der Waals surface area contributed by atoms with Crippen LogP contribution in [0.5, 0.6) is 0 Å². The van der Waals surface area contributed by atoms with Crippen molar-refractivity contribution in [3.8, 4) is 0 Å². The lowest BCUT2D eigenvalue weighted by Crippen LogP contribution is -2.48. The van der Waals surface area contributed by atoms with Gasteiger partial charge in [0.05, 0.1) is 23.3 Å². The van der Waals surface area contributed by atoms with Gasteiger partial charge in [0.15, 0.2) is 0 Å². The van der Waals surface area contributed by atoms with Crippen LogP contribution >= 0.6 is 35.6 Å². The Morgan fingerprint density at radius 3 is 2.19 bits per heavy atom. The molecule has 0 aromatic heterocycles. The summed E-state index contributed by atoms with van der Waals surface area (Å²) in [6.07, 6.45) is -0.849. The summed E-state index contributed by atoms with van der Waals surface area (Å²) in [5.41, 5.74) is 0.655. The van der Waals surface area contributed by atoms with Crippen LogP contribution in [0.1, 0.15) is 0 Å². The molecule has 3 amide bonds. The molecule has 8 nitrogen and oxygen atoms in total. The molecule has 152 valence electrons. The molecule has 0 bridgehead atoms. The predicted molar refractivity (Wildman–Crippen MR) is 108 cm³/mol. The lowest BCUT2D eigenvalue weighted by atomic mass is 10.3. The van der Waals surface area contributed by atoms with E-state index in [2.05, 4.69) is 10.6 Å². The highest BCUT2D eigenvalue weighted by molar-refractivity contribution is 6.42. The van der Waals surface area contributed by atoms with Gasteiger partial charge in [-0.1, -0.05) is 23.2 Å². The average molecular weight is 442 g/mol. The van der Waals surface area contributed by atoms with Crippen molar-refractivity contribution in [2.75, 3.05) is 57.8 Å². The Bertz CT molecular complexity index is 624. The Morgan fingerprint density at radius 1 is 1.04 bits per heavy atom. The number of hydrogen-bond acceptors (Lipinski definition) is 4. The number of carboxylic acid groups (broad SMARTS) is 1. The molecule has 27 heavy (non-hydrogen) atoms. The molecule has 2 fully saturated rings. The topological polar surface area (TPSA) is 94.1 Å². The third-order valence-electron chi connectivity index (χ3n) is 3.86. The Hall–Kier alpha value is -1.45. The van der Waals surface area contributed by atoms with Gasteiger partial charge in [-0.3, -0.25) is 0 Å². The van der Waals surface area contributed by atoms with E-state index in [1.165, 1.54) is 4.90 Å². The number of benzene rings is 1. The number of urea groups is 1. The van der Waals surface area contributed by atoms with E-state index in [0.29, 0.717) is 55.1 Å². The maximum atomic E-state index is 11.9. The van der Waals surface area contributed by atoms with Gasteiger partial charge in [-0.25, -0.2) is 9.59 Å². The molecule has 0 saturated carbocycles. The number of carbonyl (C=O) groups excluding carboxylic acids is 1. The van der Waals surface area contributed by atoms with Crippen LogP contribution in [-0.4, -0.2) is 79.5 Å². The molecule has 2 saturated heterocycles. The average Bonchev–Trinajstić information content (AvgIpc) is 2.66. The first-order chi connectivity index (χ1) is 12.5. The fourth-order valence-electron chi connectivity index (χ4n) is 2.40. The summed E-state index contributed by atoms with van der Waals surface area (Å²) in [6, 6.07) is 4.93. The molecule has 2 aliphatic rings. The molecule has 2 aliphatic heterocycles. The highest BCUT2D eigenvalue weighted by Crippen LogP contribution is 2.25. The Morgan fingerprint density at radius 2 is 1.67 bits per heavy atom. The molecule has 0 aliphatic carbocycles. The highest BCUT2D eigenvalue weighted by Gasteiger charge is 2.16. The minimum absolute atomic E-state index is 0. The van der Waals surface area contributed by atoms with Crippen molar-refractivity contribution in [2.45, 2.75) is 0 Å². The maximum absolute atomic E-state index is 11.9.